The van der Waals surface area contributed by atoms with Crippen molar-refractivity contribution in [3.63, 3.8) is 0 Å². The predicted octanol–water partition coefficient (Wildman–Crippen LogP) is 5.69. The fraction of sp³-hybridized carbons (Fsp3) is 0.647. The number of carbonyl (C=O) groups is 2. The molecule has 3 fully saturated rings. The molecule has 0 aliphatic carbocycles. The second kappa shape index (κ2) is 12.1. The van der Waals surface area contributed by atoms with Crippen LogP contribution in [-0.4, -0.2) is 59.0 Å². The molecule has 5 rings (SSSR count). The molecule has 2 aromatic carbocycles. The van der Waals surface area contributed by atoms with Gasteiger partial charge in [-0.25, -0.2) is 0 Å². The van der Waals surface area contributed by atoms with Gasteiger partial charge < -0.3 is 29.2 Å². The van der Waals surface area contributed by atoms with Crippen LogP contribution in [0.3, 0.4) is 0 Å². The number of ether oxygens (including phenoxy) is 4. The number of aliphatic hydroxyl groups is 1. The molecule has 8 heteroatoms. The molecule has 0 amide bonds. The fourth-order valence-electron chi connectivity index (χ4n) is 7.47. The van der Waals surface area contributed by atoms with E-state index >= 15 is 0 Å². The van der Waals surface area contributed by atoms with Crippen LogP contribution in [0.5, 0.6) is 5.75 Å². The Morgan fingerprint density at radius 2 is 1.74 bits per heavy atom. The number of phenols is 1. The van der Waals surface area contributed by atoms with Gasteiger partial charge in [0.05, 0.1) is 31.7 Å². The van der Waals surface area contributed by atoms with Crippen LogP contribution in [0, 0.1) is 23.2 Å². The van der Waals surface area contributed by atoms with Crippen molar-refractivity contribution >= 4 is 22.7 Å². The second-order valence-corrected chi connectivity index (χ2v) is 13.5. The molecule has 8 atom stereocenters. The molecule has 0 aromatic heterocycles. The first kappa shape index (κ1) is 30.8. The fourth-order valence-corrected chi connectivity index (χ4v) is 7.47. The third-order valence-electron chi connectivity index (χ3n) is 9.91. The van der Waals surface area contributed by atoms with Crippen LogP contribution in [-0.2, 0) is 35.0 Å². The summed E-state index contributed by atoms with van der Waals surface area (Å²) in [6.07, 6.45) is 1.75. The molecule has 2 aromatic rings. The predicted molar refractivity (Wildman–Crippen MR) is 158 cm³/mol. The lowest BCUT2D eigenvalue weighted by Gasteiger charge is -2.59. The molecule has 3 bridgehead atoms. The van der Waals surface area contributed by atoms with E-state index in [0.29, 0.717) is 6.42 Å². The number of rotatable bonds is 6. The molecule has 0 radical (unpaired) electrons. The first-order valence-electron chi connectivity index (χ1n) is 15.5. The van der Waals surface area contributed by atoms with Crippen LogP contribution in [0.25, 0.3) is 10.8 Å². The zero-order valence-electron chi connectivity index (χ0n) is 25.5. The summed E-state index contributed by atoms with van der Waals surface area (Å²) in [7, 11) is 0. The molecule has 1 spiro atoms. The zero-order chi connectivity index (χ0) is 30.2. The summed E-state index contributed by atoms with van der Waals surface area (Å²) in [5, 5.41) is 21.8. The average molecular weight is 583 g/mol. The highest BCUT2D eigenvalue weighted by molar-refractivity contribution is 5.86. The first-order chi connectivity index (χ1) is 19.9. The van der Waals surface area contributed by atoms with E-state index in [-0.39, 0.29) is 47.9 Å². The Kier molecular flexibility index (Phi) is 8.89. The SMILES string of the molecule is C[C@@H]1[C@@H]([C@@H](C)CCCc2cccc3cc(O)ccc23)O[C@@]23C[C@@H]1OC(=O)C[C@H](CO)OC(=O)C[C@H](O2)[C@H](C)CC3(C)C. The van der Waals surface area contributed by atoms with Gasteiger partial charge >= 0.3 is 11.9 Å². The van der Waals surface area contributed by atoms with Crippen molar-refractivity contribution in [1.82, 2.24) is 0 Å². The Balaban J connectivity index is 1.38. The Morgan fingerprint density at radius 3 is 2.50 bits per heavy atom. The summed E-state index contributed by atoms with van der Waals surface area (Å²) in [5.74, 6) is -1.58. The highest BCUT2D eigenvalue weighted by atomic mass is 16.7. The van der Waals surface area contributed by atoms with Crippen LogP contribution in [0.4, 0.5) is 0 Å². The van der Waals surface area contributed by atoms with Crippen LogP contribution >= 0.6 is 0 Å². The lowest BCUT2D eigenvalue weighted by Crippen LogP contribution is -2.65. The molecule has 2 N–H and O–H groups in total. The van der Waals surface area contributed by atoms with Crippen LogP contribution in [0.15, 0.2) is 36.4 Å². The summed E-state index contributed by atoms with van der Waals surface area (Å²) in [6.45, 7) is 10.2. The third-order valence-corrected chi connectivity index (χ3v) is 9.91. The number of aromatic hydroxyl groups is 1. The number of carbonyl (C=O) groups excluding carboxylic acids is 2. The second-order valence-electron chi connectivity index (χ2n) is 13.5. The van der Waals surface area contributed by atoms with Gasteiger partial charge in [0, 0.05) is 17.8 Å². The highest BCUT2D eigenvalue weighted by Crippen LogP contribution is 2.55. The number of hydrogen-bond donors (Lipinski definition) is 2. The molecule has 230 valence electrons. The van der Waals surface area contributed by atoms with Crippen molar-refractivity contribution in [2.45, 2.75) is 110 Å². The van der Waals surface area contributed by atoms with Crippen LogP contribution in [0.2, 0.25) is 0 Å². The number of phenolic OH excluding ortho intramolecular Hbond substituents is 1. The molecular formula is C34H46O8. The molecule has 0 saturated carbocycles. The minimum atomic E-state index is -1.02. The van der Waals surface area contributed by atoms with Gasteiger partial charge in [-0.3, -0.25) is 9.59 Å². The average Bonchev–Trinajstić information content (AvgIpc) is 2.92. The minimum Gasteiger partial charge on any atom is -0.508 e. The molecule has 0 unspecified atom stereocenters. The lowest BCUT2D eigenvalue weighted by molar-refractivity contribution is -0.393. The Morgan fingerprint density at radius 1 is 0.976 bits per heavy atom. The smallest absolute Gasteiger partial charge is 0.309 e. The number of esters is 2. The normalized spacial score (nSPS) is 34.0. The molecular weight excluding hydrogens is 536 g/mol. The van der Waals surface area contributed by atoms with Gasteiger partial charge in [-0.15, -0.1) is 0 Å². The number of aliphatic hydroxyl groups excluding tert-OH is 1. The topological polar surface area (TPSA) is 112 Å². The molecule has 3 heterocycles. The standard InChI is InChI=1S/C34H46O8/c1-20(8-6-9-23-10-7-11-24-14-25(36)12-13-27(23)24)32-22(3)29-18-34(42-32)33(4,5)17-21(2)28(41-34)16-31(38)39-26(19-35)15-30(37)40-29/h7,10-14,20-22,26,28-29,32,35-36H,6,8-9,15-19H2,1-5H3/t20-,21+,22-,26+,28-,29-,32+,34+/m0/s1. The van der Waals surface area contributed by atoms with E-state index in [1.807, 2.05) is 18.2 Å². The molecule has 3 saturated heterocycles. The van der Waals surface area contributed by atoms with Crippen molar-refractivity contribution in [3.8, 4) is 5.75 Å². The summed E-state index contributed by atoms with van der Waals surface area (Å²) in [6, 6.07) is 11.7. The van der Waals surface area contributed by atoms with E-state index in [2.05, 4.69) is 40.7 Å². The first-order valence-corrected chi connectivity index (χ1v) is 15.5. The maximum absolute atomic E-state index is 13.0. The number of fused-ring (bicyclic) bond motifs is 3. The zero-order valence-corrected chi connectivity index (χ0v) is 25.5. The quantitative estimate of drug-likeness (QED) is 0.418. The molecule has 8 nitrogen and oxygen atoms in total. The summed E-state index contributed by atoms with van der Waals surface area (Å²) in [5.41, 5.74) is 0.857. The van der Waals surface area contributed by atoms with Crippen molar-refractivity contribution in [3.05, 3.63) is 42.0 Å². The van der Waals surface area contributed by atoms with E-state index in [9.17, 15) is 19.8 Å². The monoisotopic (exact) mass is 582 g/mol. The number of benzene rings is 2. The number of aryl methyl sites for hydroxylation is 1. The van der Waals surface area contributed by atoms with Gasteiger partial charge in [0.2, 0.25) is 0 Å². The van der Waals surface area contributed by atoms with Crippen LogP contribution in [0.1, 0.15) is 78.7 Å². The van der Waals surface area contributed by atoms with E-state index in [0.717, 1.165) is 36.5 Å². The summed E-state index contributed by atoms with van der Waals surface area (Å²) < 4.78 is 25.3. The maximum atomic E-state index is 13.0. The van der Waals surface area contributed by atoms with E-state index in [1.54, 1.807) is 12.1 Å². The van der Waals surface area contributed by atoms with E-state index in [4.69, 9.17) is 18.9 Å². The third kappa shape index (κ3) is 6.17. The molecule has 3 aliphatic rings. The van der Waals surface area contributed by atoms with Crippen molar-refractivity contribution < 1.29 is 38.7 Å². The minimum absolute atomic E-state index is 0.0388. The van der Waals surface area contributed by atoms with Gasteiger partial charge in [-0.1, -0.05) is 58.9 Å². The van der Waals surface area contributed by atoms with E-state index < -0.39 is 42.6 Å². The number of cyclic esters (lactones) is 1. The maximum Gasteiger partial charge on any atom is 0.309 e. The summed E-state index contributed by atoms with van der Waals surface area (Å²) >= 11 is 0. The van der Waals surface area contributed by atoms with Crippen LogP contribution < -0.4 is 0 Å². The lowest BCUT2D eigenvalue weighted by atomic mass is 9.67. The van der Waals surface area contributed by atoms with Crippen molar-refractivity contribution in [2.75, 3.05) is 6.61 Å². The van der Waals surface area contributed by atoms with Gasteiger partial charge in [0.15, 0.2) is 5.79 Å². The van der Waals surface area contributed by atoms with Gasteiger partial charge in [0.25, 0.3) is 0 Å². The number of hydrogen-bond acceptors (Lipinski definition) is 8. The van der Waals surface area contributed by atoms with Crippen molar-refractivity contribution in [1.29, 1.82) is 0 Å². The Labute approximate surface area is 248 Å². The molecule has 42 heavy (non-hydrogen) atoms. The Hall–Kier alpha value is -2.68. The van der Waals surface area contributed by atoms with Gasteiger partial charge in [-0.05, 0) is 66.0 Å². The van der Waals surface area contributed by atoms with E-state index in [1.165, 1.54) is 5.56 Å². The Bertz CT molecular complexity index is 1290. The van der Waals surface area contributed by atoms with Gasteiger partial charge in [0.1, 0.15) is 18.0 Å². The van der Waals surface area contributed by atoms with Crippen molar-refractivity contribution in [2.24, 2.45) is 23.2 Å². The highest BCUT2D eigenvalue weighted by Gasteiger charge is 2.60. The molecule has 3 aliphatic heterocycles. The van der Waals surface area contributed by atoms with Gasteiger partial charge in [-0.2, -0.15) is 0 Å². The summed E-state index contributed by atoms with van der Waals surface area (Å²) in [4.78, 5) is 25.8. The largest absolute Gasteiger partial charge is 0.508 e.